The summed E-state index contributed by atoms with van der Waals surface area (Å²) in [6, 6.07) is 0. The summed E-state index contributed by atoms with van der Waals surface area (Å²) in [6.45, 7) is 6.22. The molecule has 1 aliphatic rings. The molecule has 10 heavy (non-hydrogen) atoms. The largest absolute Gasteiger partial charge is 0.134 e. The van der Waals surface area contributed by atoms with Crippen molar-refractivity contribution in [3.63, 3.8) is 0 Å². The third-order valence-electron chi connectivity index (χ3n) is 1.68. The zero-order valence-corrected chi connectivity index (χ0v) is 8.51. The van der Waals surface area contributed by atoms with Gasteiger partial charge in [-0.05, 0) is 31.8 Å². The molecule has 1 rings (SSSR count). The van der Waals surface area contributed by atoms with Crippen molar-refractivity contribution in [1.29, 1.82) is 0 Å². The minimum atomic E-state index is 0.860. The van der Waals surface area contributed by atoms with Gasteiger partial charge in [0.2, 0.25) is 0 Å². The van der Waals surface area contributed by atoms with E-state index < -0.39 is 0 Å². The average Bonchev–Trinajstić information content (AvgIpc) is 2.00. The summed E-state index contributed by atoms with van der Waals surface area (Å²) in [5.74, 6) is 0. The highest BCUT2D eigenvalue weighted by Crippen LogP contribution is 2.22. The second kappa shape index (κ2) is 5.92. The van der Waals surface area contributed by atoms with Crippen LogP contribution in [0.4, 0.5) is 0 Å². The Bertz CT molecular complexity index is 105. The standard InChI is InChI=1S/C7H13P.C2H6/c1-6-2-4-7(8)5-3-6;1-2/h2,7H,3-5,8H2,1H3;1-2H3. The molecule has 0 nitrogen and oxygen atoms in total. The van der Waals surface area contributed by atoms with Gasteiger partial charge >= 0.3 is 0 Å². The van der Waals surface area contributed by atoms with Crippen LogP contribution in [0.5, 0.6) is 0 Å². The lowest BCUT2D eigenvalue weighted by atomic mass is 10.0. The van der Waals surface area contributed by atoms with Gasteiger partial charge in [0.15, 0.2) is 0 Å². The van der Waals surface area contributed by atoms with E-state index in [9.17, 15) is 0 Å². The lowest BCUT2D eigenvalue weighted by Gasteiger charge is -2.14. The van der Waals surface area contributed by atoms with Gasteiger partial charge in [0.05, 0.1) is 0 Å². The molecule has 2 atom stereocenters. The Hall–Kier alpha value is 0.170. The van der Waals surface area contributed by atoms with Crippen molar-refractivity contribution >= 4 is 9.24 Å². The molecule has 1 aliphatic carbocycles. The SMILES string of the molecule is CC.CC1=CCC(P)CC1. The normalized spacial score (nSPS) is 24.4. The Morgan fingerprint density at radius 2 is 2.10 bits per heavy atom. The van der Waals surface area contributed by atoms with E-state index in [0.29, 0.717) is 0 Å². The molecule has 0 radical (unpaired) electrons. The van der Waals surface area contributed by atoms with E-state index in [1.807, 2.05) is 13.8 Å². The Labute approximate surface area is 67.3 Å². The Morgan fingerprint density at radius 3 is 2.40 bits per heavy atom. The second-order valence-corrected chi connectivity index (χ2v) is 3.53. The average molecular weight is 158 g/mol. The molecule has 0 aromatic rings. The first-order chi connectivity index (χ1) is 4.79. The molecule has 0 bridgehead atoms. The number of hydrogen-bond donors (Lipinski definition) is 0. The van der Waals surface area contributed by atoms with Gasteiger partial charge in [0, 0.05) is 0 Å². The number of allylic oxidation sites excluding steroid dienone is 2. The van der Waals surface area contributed by atoms with Crippen LogP contribution in [0.3, 0.4) is 0 Å². The van der Waals surface area contributed by atoms with E-state index in [4.69, 9.17) is 0 Å². The first-order valence-electron chi connectivity index (χ1n) is 4.20. The van der Waals surface area contributed by atoms with Crippen LogP contribution in [0.15, 0.2) is 11.6 Å². The zero-order valence-electron chi connectivity index (χ0n) is 7.35. The predicted molar refractivity (Wildman–Crippen MR) is 52.5 cm³/mol. The van der Waals surface area contributed by atoms with Crippen LogP contribution in [0.1, 0.15) is 40.0 Å². The highest BCUT2D eigenvalue weighted by atomic mass is 31.0. The van der Waals surface area contributed by atoms with E-state index >= 15 is 0 Å². The van der Waals surface area contributed by atoms with Gasteiger partial charge in [-0.3, -0.25) is 0 Å². The molecule has 1 heteroatoms. The fourth-order valence-corrected chi connectivity index (χ4v) is 1.29. The molecule has 0 aromatic heterocycles. The van der Waals surface area contributed by atoms with Gasteiger partial charge in [-0.15, -0.1) is 9.24 Å². The quantitative estimate of drug-likeness (QED) is 0.374. The number of rotatable bonds is 0. The molecule has 0 N–H and O–H groups in total. The van der Waals surface area contributed by atoms with Crippen molar-refractivity contribution in [3.8, 4) is 0 Å². The van der Waals surface area contributed by atoms with Crippen LogP contribution in [0.25, 0.3) is 0 Å². The highest BCUT2D eigenvalue weighted by Gasteiger charge is 2.05. The summed E-state index contributed by atoms with van der Waals surface area (Å²) >= 11 is 0. The maximum atomic E-state index is 2.88. The third-order valence-corrected chi connectivity index (χ3v) is 2.28. The fourth-order valence-electron chi connectivity index (χ4n) is 0.986. The molecule has 0 aromatic carbocycles. The van der Waals surface area contributed by atoms with Gasteiger partial charge in [-0.1, -0.05) is 25.5 Å². The predicted octanol–water partition coefficient (Wildman–Crippen LogP) is 3.39. The molecule has 0 fully saturated rings. The maximum absolute atomic E-state index is 2.88. The van der Waals surface area contributed by atoms with Crippen LogP contribution in [0, 0.1) is 0 Å². The topological polar surface area (TPSA) is 0 Å². The minimum Gasteiger partial charge on any atom is -0.134 e. The van der Waals surface area contributed by atoms with Crippen LogP contribution >= 0.6 is 9.24 Å². The van der Waals surface area contributed by atoms with E-state index in [-0.39, 0.29) is 0 Å². The van der Waals surface area contributed by atoms with Crippen LogP contribution in [0.2, 0.25) is 0 Å². The van der Waals surface area contributed by atoms with E-state index in [2.05, 4.69) is 22.2 Å². The number of hydrogen-bond acceptors (Lipinski definition) is 0. The van der Waals surface area contributed by atoms with Crippen molar-refractivity contribution in [2.24, 2.45) is 0 Å². The van der Waals surface area contributed by atoms with E-state index in [1.54, 1.807) is 5.57 Å². The fraction of sp³-hybridized carbons (Fsp3) is 0.778. The summed E-state index contributed by atoms with van der Waals surface area (Å²) in [6.07, 6.45) is 6.30. The molecular weight excluding hydrogens is 139 g/mol. The molecule has 2 unspecified atom stereocenters. The summed E-state index contributed by atoms with van der Waals surface area (Å²) in [4.78, 5) is 0. The Morgan fingerprint density at radius 1 is 1.50 bits per heavy atom. The summed E-state index contributed by atoms with van der Waals surface area (Å²) in [7, 11) is 2.88. The molecule has 0 spiro atoms. The highest BCUT2D eigenvalue weighted by molar-refractivity contribution is 7.17. The lowest BCUT2D eigenvalue weighted by Crippen LogP contribution is -2.01. The van der Waals surface area contributed by atoms with Crippen LogP contribution < -0.4 is 0 Å². The zero-order chi connectivity index (χ0) is 7.98. The lowest BCUT2D eigenvalue weighted by molar-refractivity contribution is 0.718. The first-order valence-corrected chi connectivity index (χ1v) is 4.87. The van der Waals surface area contributed by atoms with Crippen molar-refractivity contribution in [2.45, 2.75) is 45.7 Å². The smallest absolute Gasteiger partial charge is 0.0226 e. The Balaban J connectivity index is 0.000000371. The van der Waals surface area contributed by atoms with Crippen LogP contribution in [-0.2, 0) is 0 Å². The van der Waals surface area contributed by atoms with Crippen LogP contribution in [-0.4, -0.2) is 5.66 Å². The molecule has 0 heterocycles. The summed E-state index contributed by atoms with van der Waals surface area (Å²) < 4.78 is 0. The van der Waals surface area contributed by atoms with Gasteiger partial charge in [0.25, 0.3) is 0 Å². The molecule has 0 amide bonds. The third kappa shape index (κ3) is 4.06. The van der Waals surface area contributed by atoms with Crippen molar-refractivity contribution in [2.75, 3.05) is 0 Å². The van der Waals surface area contributed by atoms with Crippen molar-refractivity contribution < 1.29 is 0 Å². The molecule has 0 saturated carbocycles. The molecule has 0 saturated heterocycles. The first kappa shape index (κ1) is 10.2. The van der Waals surface area contributed by atoms with Gasteiger partial charge < -0.3 is 0 Å². The van der Waals surface area contributed by atoms with Gasteiger partial charge in [-0.2, -0.15) is 0 Å². The minimum absolute atomic E-state index is 0.860. The summed E-state index contributed by atoms with van der Waals surface area (Å²) in [5, 5.41) is 0. The van der Waals surface area contributed by atoms with Crippen molar-refractivity contribution in [1.82, 2.24) is 0 Å². The van der Waals surface area contributed by atoms with E-state index in [0.717, 1.165) is 5.66 Å². The van der Waals surface area contributed by atoms with Gasteiger partial charge in [-0.25, -0.2) is 0 Å². The second-order valence-electron chi connectivity index (χ2n) is 2.58. The Kier molecular flexibility index (Phi) is 6.02. The molecule has 0 aliphatic heterocycles. The molecular formula is C9H19P. The summed E-state index contributed by atoms with van der Waals surface area (Å²) in [5.41, 5.74) is 2.43. The van der Waals surface area contributed by atoms with E-state index in [1.165, 1.54) is 19.3 Å². The van der Waals surface area contributed by atoms with Gasteiger partial charge in [0.1, 0.15) is 0 Å². The molecule has 60 valence electrons. The monoisotopic (exact) mass is 158 g/mol. The maximum Gasteiger partial charge on any atom is -0.0226 e. The van der Waals surface area contributed by atoms with Crippen molar-refractivity contribution in [3.05, 3.63) is 11.6 Å².